The monoisotopic (exact) mass is 145 g/mol. The number of hydrogen-bond acceptors (Lipinski definition) is 1. The Bertz CT molecular complexity index is 73.5. The molecule has 0 spiro atoms. The van der Waals surface area contributed by atoms with Crippen molar-refractivity contribution in [1.82, 2.24) is 0 Å². The van der Waals surface area contributed by atoms with Crippen LogP contribution in [0.3, 0.4) is 0 Å². The van der Waals surface area contributed by atoms with Crippen LogP contribution < -0.4 is 0 Å². The Morgan fingerprint density at radius 1 is 1.22 bits per heavy atom. The first-order valence-corrected chi connectivity index (χ1v) is 6.75. The molecular weight excluding hydrogens is 128 g/mol. The minimum Gasteiger partial charge on any atom is -0.417 e. The van der Waals surface area contributed by atoms with Crippen molar-refractivity contribution in [2.45, 2.75) is 33.5 Å². The normalized spacial score (nSPS) is 12.7. The van der Waals surface area contributed by atoms with Crippen LogP contribution in [0.1, 0.15) is 13.8 Å². The summed E-state index contributed by atoms with van der Waals surface area (Å²) in [5.74, 6) is 1.36. The van der Waals surface area contributed by atoms with Crippen molar-refractivity contribution in [3.05, 3.63) is 5.92 Å². The Kier molecular flexibility index (Phi) is 3.44. The highest BCUT2D eigenvalue weighted by Crippen LogP contribution is 2.05. The van der Waals surface area contributed by atoms with Crippen LogP contribution in [0.4, 0.5) is 0 Å². The van der Waals surface area contributed by atoms with Crippen molar-refractivity contribution in [3.8, 4) is 0 Å². The zero-order valence-electron chi connectivity index (χ0n) is 7.12. The molecule has 0 N–H and O–H groups in total. The molecule has 0 atom stereocenters. The maximum absolute atomic E-state index is 5.59. The van der Waals surface area contributed by atoms with Crippen LogP contribution in [0.25, 0.3) is 0 Å². The third-order valence-electron chi connectivity index (χ3n) is 0.794. The molecule has 0 amide bonds. The smallest absolute Gasteiger partial charge is 0.183 e. The van der Waals surface area contributed by atoms with Crippen molar-refractivity contribution in [2.24, 2.45) is 0 Å². The highest BCUT2D eigenvalue weighted by molar-refractivity contribution is 6.69. The molecule has 1 nitrogen and oxygen atoms in total. The summed E-state index contributed by atoms with van der Waals surface area (Å²) in [5, 5.41) is 0. The van der Waals surface area contributed by atoms with Crippen LogP contribution in [0.5, 0.6) is 0 Å². The molecule has 0 aromatic carbocycles. The molecule has 0 saturated carbocycles. The highest BCUT2D eigenvalue weighted by atomic mass is 28.4. The summed E-state index contributed by atoms with van der Waals surface area (Å²) in [6.07, 6.45) is 0. The van der Waals surface area contributed by atoms with E-state index in [9.17, 15) is 0 Å². The zero-order valence-corrected chi connectivity index (χ0v) is 8.12. The average molecular weight is 145 g/mol. The van der Waals surface area contributed by atoms with Gasteiger partial charge in [-0.1, -0.05) is 13.8 Å². The summed E-state index contributed by atoms with van der Waals surface area (Å²) in [6, 6.07) is 0. The molecule has 0 heterocycles. The molecule has 0 aliphatic rings. The van der Waals surface area contributed by atoms with Gasteiger partial charge < -0.3 is 4.43 Å². The molecule has 0 unspecified atom stereocenters. The molecule has 9 heavy (non-hydrogen) atoms. The average Bonchev–Trinajstić information content (AvgIpc) is 1.59. The molecule has 0 fully saturated rings. The van der Waals surface area contributed by atoms with Gasteiger partial charge in [0.2, 0.25) is 0 Å². The summed E-state index contributed by atoms with van der Waals surface area (Å²) < 4.78 is 5.59. The SMILES string of the molecule is C[C](C)CO[Si](C)(C)C. The van der Waals surface area contributed by atoms with E-state index in [0.717, 1.165) is 6.61 Å². The van der Waals surface area contributed by atoms with Gasteiger partial charge in [0.15, 0.2) is 8.32 Å². The Morgan fingerprint density at radius 3 is 1.78 bits per heavy atom. The van der Waals surface area contributed by atoms with Crippen LogP contribution in [-0.4, -0.2) is 14.9 Å². The van der Waals surface area contributed by atoms with Gasteiger partial charge >= 0.3 is 0 Å². The van der Waals surface area contributed by atoms with E-state index in [1.165, 1.54) is 5.92 Å². The topological polar surface area (TPSA) is 9.23 Å². The van der Waals surface area contributed by atoms with E-state index >= 15 is 0 Å². The molecule has 0 saturated heterocycles. The second kappa shape index (κ2) is 3.37. The third-order valence-corrected chi connectivity index (χ3v) is 1.80. The van der Waals surface area contributed by atoms with Crippen LogP contribution in [-0.2, 0) is 4.43 Å². The minimum atomic E-state index is -1.24. The maximum atomic E-state index is 5.59. The first-order chi connectivity index (χ1) is 3.92. The van der Waals surface area contributed by atoms with Gasteiger partial charge in [0.05, 0.1) is 0 Å². The molecule has 0 aliphatic carbocycles. The zero-order chi connectivity index (χ0) is 7.49. The van der Waals surface area contributed by atoms with E-state index in [2.05, 4.69) is 33.5 Å². The van der Waals surface area contributed by atoms with Gasteiger partial charge in [0, 0.05) is 6.61 Å². The number of rotatable bonds is 3. The summed E-state index contributed by atoms with van der Waals surface area (Å²) >= 11 is 0. The molecular formula is C7H17OSi. The molecule has 0 aromatic rings. The summed E-state index contributed by atoms with van der Waals surface area (Å²) in [7, 11) is -1.24. The van der Waals surface area contributed by atoms with Crippen LogP contribution in [0.15, 0.2) is 0 Å². The Labute approximate surface area is 59.5 Å². The maximum Gasteiger partial charge on any atom is 0.183 e. The Balaban J connectivity index is 3.28. The Morgan fingerprint density at radius 2 is 1.67 bits per heavy atom. The van der Waals surface area contributed by atoms with Gasteiger partial charge in [-0.05, 0) is 25.6 Å². The summed E-state index contributed by atoms with van der Waals surface area (Å²) in [4.78, 5) is 0. The van der Waals surface area contributed by atoms with Gasteiger partial charge in [-0.2, -0.15) is 0 Å². The molecule has 1 radical (unpaired) electrons. The van der Waals surface area contributed by atoms with E-state index in [0.29, 0.717) is 0 Å². The predicted molar refractivity (Wildman–Crippen MR) is 43.9 cm³/mol. The van der Waals surface area contributed by atoms with E-state index in [-0.39, 0.29) is 0 Å². The van der Waals surface area contributed by atoms with Crippen LogP contribution in [0, 0.1) is 5.92 Å². The first kappa shape index (κ1) is 9.18. The molecule has 2 heteroatoms. The van der Waals surface area contributed by atoms with E-state index in [4.69, 9.17) is 4.43 Å². The van der Waals surface area contributed by atoms with E-state index in [1.54, 1.807) is 0 Å². The lowest BCUT2D eigenvalue weighted by molar-refractivity contribution is 0.326. The number of hydrogen-bond donors (Lipinski definition) is 0. The van der Waals surface area contributed by atoms with E-state index in [1.807, 2.05) is 0 Å². The lowest BCUT2D eigenvalue weighted by Gasteiger charge is -2.18. The van der Waals surface area contributed by atoms with Crippen molar-refractivity contribution in [2.75, 3.05) is 6.61 Å². The fourth-order valence-corrected chi connectivity index (χ4v) is 1.08. The standard InChI is InChI=1S/C7H17OSi/c1-7(2)6-8-9(3,4)5/h6H2,1-5H3. The lowest BCUT2D eigenvalue weighted by atomic mass is 10.2. The predicted octanol–water partition coefficient (Wildman–Crippen LogP) is 2.45. The van der Waals surface area contributed by atoms with Gasteiger partial charge in [-0.3, -0.25) is 0 Å². The van der Waals surface area contributed by atoms with Gasteiger partial charge in [0.1, 0.15) is 0 Å². The van der Waals surface area contributed by atoms with Crippen molar-refractivity contribution < 1.29 is 4.43 Å². The van der Waals surface area contributed by atoms with E-state index < -0.39 is 8.32 Å². The molecule has 0 aliphatic heterocycles. The van der Waals surface area contributed by atoms with Crippen molar-refractivity contribution >= 4 is 8.32 Å². The first-order valence-electron chi connectivity index (χ1n) is 3.35. The summed E-state index contributed by atoms with van der Waals surface area (Å²) in [5.41, 5.74) is 0. The molecule has 0 aromatic heterocycles. The second-order valence-corrected chi connectivity index (χ2v) is 8.12. The largest absolute Gasteiger partial charge is 0.417 e. The molecule has 55 valence electrons. The van der Waals surface area contributed by atoms with Crippen LogP contribution >= 0.6 is 0 Å². The molecule has 0 bridgehead atoms. The van der Waals surface area contributed by atoms with Gasteiger partial charge in [-0.15, -0.1) is 0 Å². The van der Waals surface area contributed by atoms with Crippen molar-refractivity contribution in [3.63, 3.8) is 0 Å². The quantitative estimate of drug-likeness (QED) is 0.554. The van der Waals surface area contributed by atoms with Crippen LogP contribution in [0.2, 0.25) is 19.6 Å². The fraction of sp³-hybridized carbons (Fsp3) is 0.857. The third kappa shape index (κ3) is 8.18. The fourth-order valence-electron chi connectivity index (χ4n) is 0.361. The Hall–Kier alpha value is 0.177. The van der Waals surface area contributed by atoms with Crippen molar-refractivity contribution in [1.29, 1.82) is 0 Å². The van der Waals surface area contributed by atoms with Gasteiger partial charge in [-0.25, -0.2) is 0 Å². The molecule has 0 rings (SSSR count). The highest BCUT2D eigenvalue weighted by Gasteiger charge is 2.13. The minimum absolute atomic E-state index is 0.843. The van der Waals surface area contributed by atoms with Gasteiger partial charge in [0.25, 0.3) is 0 Å². The second-order valence-electron chi connectivity index (χ2n) is 3.61. The lowest BCUT2D eigenvalue weighted by Crippen LogP contribution is -2.26. The summed E-state index contributed by atoms with van der Waals surface area (Å²) in [6.45, 7) is 11.7.